The summed E-state index contributed by atoms with van der Waals surface area (Å²) >= 11 is 0. The van der Waals surface area contributed by atoms with Gasteiger partial charge in [0.15, 0.2) is 11.3 Å². The zero-order chi connectivity index (χ0) is 15.1. The van der Waals surface area contributed by atoms with E-state index in [1.54, 1.807) is 25.3 Å². The number of hydrogen-bond donors (Lipinski definition) is 0. The first-order valence-electron chi connectivity index (χ1n) is 6.98. The minimum absolute atomic E-state index is 0.342. The standard InChI is InChI=1S/C16H12N4O2/c1-2-22-16(21)10-7-8-20-13(9-10)19-14-15(20)18-12-6-4-3-5-11(12)17-14/h3-9H,2H2,1H3. The zero-order valence-corrected chi connectivity index (χ0v) is 11.9. The van der Waals surface area contributed by atoms with Crippen LogP contribution < -0.4 is 0 Å². The summed E-state index contributed by atoms with van der Waals surface area (Å²) < 4.78 is 6.82. The molecule has 0 aliphatic rings. The molecule has 0 spiro atoms. The van der Waals surface area contributed by atoms with Gasteiger partial charge in [-0.3, -0.25) is 4.40 Å². The van der Waals surface area contributed by atoms with Gasteiger partial charge in [-0.15, -0.1) is 0 Å². The molecule has 0 fully saturated rings. The van der Waals surface area contributed by atoms with E-state index in [1.807, 2.05) is 28.7 Å². The van der Waals surface area contributed by atoms with Gasteiger partial charge in [0.05, 0.1) is 23.2 Å². The molecule has 0 saturated heterocycles. The number of ether oxygens (including phenoxy) is 1. The number of pyridine rings is 1. The molecule has 4 rings (SSSR count). The topological polar surface area (TPSA) is 69.4 Å². The lowest BCUT2D eigenvalue weighted by atomic mass is 10.3. The number of benzene rings is 1. The number of hydrogen-bond acceptors (Lipinski definition) is 5. The number of fused-ring (bicyclic) bond motifs is 4. The van der Waals surface area contributed by atoms with Crippen molar-refractivity contribution in [3.05, 3.63) is 48.2 Å². The van der Waals surface area contributed by atoms with Crippen LogP contribution in [-0.4, -0.2) is 31.9 Å². The Kier molecular flexibility index (Phi) is 2.75. The molecule has 1 aromatic carbocycles. The number of carbonyl (C=O) groups is 1. The summed E-state index contributed by atoms with van der Waals surface area (Å²) in [6.07, 6.45) is 1.76. The van der Waals surface area contributed by atoms with E-state index in [0.29, 0.717) is 29.1 Å². The Labute approximate surface area is 125 Å². The fourth-order valence-electron chi connectivity index (χ4n) is 2.42. The lowest BCUT2D eigenvalue weighted by Gasteiger charge is -2.02. The molecule has 0 atom stereocenters. The van der Waals surface area contributed by atoms with Crippen LogP contribution in [0.2, 0.25) is 0 Å². The molecule has 0 N–H and O–H groups in total. The Morgan fingerprint density at radius 3 is 2.68 bits per heavy atom. The van der Waals surface area contributed by atoms with E-state index >= 15 is 0 Å². The largest absolute Gasteiger partial charge is 0.462 e. The predicted octanol–water partition coefficient (Wildman–Crippen LogP) is 2.61. The first-order valence-corrected chi connectivity index (χ1v) is 6.98. The van der Waals surface area contributed by atoms with Crippen molar-refractivity contribution in [3.8, 4) is 0 Å². The third kappa shape index (κ3) is 1.88. The number of carbonyl (C=O) groups excluding carboxylic acids is 1. The molecule has 0 aliphatic heterocycles. The van der Waals surface area contributed by atoms with Gasteiger partial charge in [0.2, 0.25) is 0 Å². The molecule has 3 heterocycles. The molecule has 0 saturated carbocycles. The van der Waals surface area contributed by atoms with Crippen molar-refractivity contribution in [3.63, 3.8) is 0 Å². The maximum atomic E-state index is 11.8. The summed E-state index contributed by atoms with van der Waals surface area (Å²) in [5.74, 6) is -0.358. The van der Waals surface area contributed by atoms with Gasteiger partial charge in [0.25, 0.3) is 0 Å². The average Bonchev–Trinajstić information content (AvgIpc) is 2.89. The number of para-hydroxylation sites is 2. The SMILES string of the molecule is CCOC(=O)c1ccn2c(c1)nc1nc3ccccc3nc12. The van der Waals surface area contributed by atoms with Gasteiger partial charge < -0.3 is 4.74 Å². The van der Waals surface area contributed by atoms with Crippen LogP contribution in [0.3, 0.4) is 0 Å². The molecule has 0 aliphatic carbocycles. The maximum absolute atomic E-state index is 11.8. The molecule has 3 aromatic heterocycles. The molecule has 0 radical (unpaired) electrons. The highest BCUT2D eigenvalue weighted by Gasteiger charge is 2.12. The highest BCUT2D eigenvalue weighted by atomic mass is 16.5. The van der Waals surface area contributed by atoms with E-state index in [9.17, 15) is 4.79 Å². The van der Waals surface area contributed by atoms with Crippen molar-refractivity contribution in [1.82, 2.24) is 19.4 Å². The van der Waals surface area contributed by atoms with Gasteiger partial charge in [-0.2, -0.15) is 0 Å². The molecule has 0 amide bonds. The Balaban J connectivity index is 1.96. The summed E-state index contributed by atoms with van der Waals surface area (Å²) in [5, 5.41) is 0. The quantitative estimate of drug-likeness (QED) is 0.531. The Morgan fingerprint density at radius 1 is 1.14 bits per heavy atom. The van der Waals surface area contributed by atoms with Gasteiger partial charge in [0, 0.05) is 6.20 Å². The first kappa shape index (κ1) is 12.7. The summed E-state index contributed by atoms with van der Waals surface area (Å²) in [6.45, 7) is 2.12. The first-order chi connectivity index (χ1) is 10.8. The van der Waals surface area contributed by atoms with Gasteiger partial charge in [-0.05, 0) is 31.2 Å². The summed E-state index contributed by atoms with van der Waals surface area (Å²) in [5.41, 5.74) is 3.92. The predicted molar refractivity (Wildman–Crippen MR) is 81.8 cm³/mol. The van der Waals surface area contributed by atoms with Crippen molar-refractivity contribution in [2.45, 2.75) is 6.92 Å². The minimum atomic E-state index is -0.358. The average molecular weight is 292 g/mol. The molecular weight excluding hydrogens is 280 g/mol. The van der Waals surface area contributed by atoms with Crippen LogP contribution in [0.15, 0.2) is 42.6 Å². The van der Waals surface area contributed by atoms with E-state index in [0.717, 1.165) is 11.0 Å². The van der Waals surface area contributed by atoms with E-state index in [4.69, 9.17) is 4.74 Å². The molecule has 0 bridgehead atoms. The number of esters is 1. The van der Waals surface area contributed by atoms with Crippen LogP contribution in [0, 0.1) is 0 Å². The number of imidazole rings is 1. The van der Waals surface area contributed by atoms with Crippen molar-refractivity contribution < 1.29 is 9.53 Å². The minimum Gasteiger partial charge on any atom is -0.462 e. The fourth-order valence-corrected chi connectivity index (χ4v) is 2.42. The Bertz CT molecular complexity index is 1020. The van der Waals surface area contributed by atoms with E-state index in [-0.39, 0.29) is 5.97 Å². The maximum Gasteiger partial charge on any atom is 0.338 e. The van der Waals surface area contributed by atoms with Crippen molar-refractivity contribution in [2.75, 3.05) is 6.61 Å². The second kappa shape index (κ2) is 4.77. The number of rotatable bonds is 2. The molecule has 4 aromatic rings. The highest BCUT2D eigenvalue weighted by molar-refractivity contribution is 5.91. The molecule has 108 valence electrons. The summed E-state index contributed by atoms with van der Waals surface area (Å²) in [7, 11) is 0. The highest BCUT2D eigenvalue weighted by Crippen LogP contribution is 2.18. The van der Waals surface area contributed by atoms with E-state index in [2.05, 4.69) is 15.0 Å². The van der Waals surface area contributed by atoms with Crippen LogP contribution in [0.4, 0.5) is 0 Å². The second-order valence-corrected chi connectivity index (χ2v) is 4.84. The van der Waals surface area contributed by atoms with E-state index in [1.165, 1.54) is 0 Å². The van der Waals surface area contributed by atoms with E-state index < -0.39 is 0 Å². The van der Waals surface area contributed by atoms with Crippen LogP contribution in [0.25, 0.3) is 28.0 Å². The van der Waals surface area contributed by atoms with Crippen molar-refractivity contribution in [2.24, 2.45) is 0 Å². The number of nitrogens with zero attached hydrogens (tertiary/aromatic N) is 4. The van der Waals surface area contributed by atoms with Gasteiger partial charge in [-0.1, -0.05) is 12.1 Å². The second-order valence-electron chi connectivity index (χ2n) is 4.84. The third-order valence-corrected chi connectivity index (χ3v) is 3.43. The van der Waals surface area contributed by atoms with Gasteiger partial charge in [0.1, 0.15) is 5.65 Å². The molecule has 22 heavy (non-hydrogen) atoms. The lowest BCUT2D eigenvalue weighted by molar-refractivity contribution is 0.0526. The summed E-state index contributed by atoms with van der Waals surface area (Å²) in [6, 6.07) is 11.0. The van der Waals surface area contributed by atoms with Crippen LogP contribution >= 0.6 is 0 Å². The lowest BCUT2D eigenvalue weighted by Crippen LogP contribution is -2.05. The third-order valence-electron chi connectivity index (χ3n) is 3.43. The van der Waals surface area contributed by atoms with Crippen molar-refractivity contribution in [1.29, 1.82) is 0 Å². The van der Waals surface area contributed by atoms with Gasteiger partial charge >= 0.3 is 5.97 Å². The van der Waals surface area contributed by atoms with Crippen LogP contribution in [0.1, 0.15) is 17.3 Å². The smallest absolute Gasteiger partial charge is 0.338 e. The van der Waals surface area contributed by atoms with Crippen LogP contribution in [0.5, 0.6) is 0 Å². The monoisotopic (exact) mass is 292 g/mol. The molecule has 0 unspecified atom stereocenters. The van der Waals surface area contributed by atoms with Gasteiger partial charge in [-0.25, -0.2) is 19.7 Å². The molecule has 6 nitrogen and oxygen atoms in total. The van der Waals surface area contributed by atoms with Crippen molar-refractivity contribution >= 4 is 33.9 Å². The van der Waals surface area contributed by atoms with Crippen LogP contribution in [-0.2, 0) is 4.74 Å². The number of aromatic nitrogens is 4. The molecule has 6 heteroatoms. The zero-order valence-electron chi connectivity index (χ0n) is 11.9. The summed E-state index contributed by atoms with van der Waals surface area (Å²) in [4.78, 5) is 25.4. The normalized spacial score (nSPS) is 11.3. The fraction of sp³-hybridized carbons (Fsp3) is 0.125. The Hall–Kier alpha value is -3.02. The molecular formula is C16H12N4O2. The Morgan fingerprint density at radius 2 is 1.91 bits per heavy atom.